The number of esters is 1. The molecule has 0 bridgehead atoms. The Morgan fingerprint density at radius 1 is 1.19 bits per heavy atom. The average molecular weight is 418 g/mol. The van der Waals surface area contributed by atoms with Crippen LogP contribution in [0.2, 0.25) is 0 Å². The van der Waals surface area contributed by atoms with Crippen LogP contribution in [-0.2, 0) is 11.8 Å². The fourth-order valence-corrected chi connectivity index (χ4v) is 4.08. The molecule has 0 amide bonds. The molecule has 1 unspecified atom stereocenters. The first-order chi connectivity index (χ1) is 15.0. The zero-order valence-electron chi connectivity index (χ0n) is 16.8. The first-order valence-corrected chi connectivity index (χ1v) is 9.62. The third-order valence-corrected chi connectivity index (χ3v) is 5.59. The fourth-order valence-electron chi connectivity index (χ4n) is 4.08. The van der Waals surface area contributed by atoms with E-state index in [1.165, 1.54) is 12.3 Å². The summed E-state index contributed by atoms with van der Waals surface area (Å²) in [6, 6.07) is 10.1. The van der Waals surface area contributed by atoms with Crippen molar-refractivity contribution in [1.82, 2.24) is 9.78 Å². The number of rotatable bonds is 3. The summed E-state index contributed by atoms with van der Waals surface area (Å²) in [6.45, 7) is 0. The van der Waals surface area contributed by atoms with Crippen molar-refractivity contribution in [3.63, 3.8) is 0 Å². The molecule has 0 saturated heterocycles. The van der Waals surface area contributed by atoms with Crippen LogP contribution >= 0.6 is 0 Å². The summed E-state index contributed by atoms with van der Waals surface area (Å²) < 4.78 is 18.1. The van der Waals surface area contributed by atoms with Crippen molar-refractivity contribution >= 4 is 16.9 Å². The first kappa shape index (κ1) is 18.9. The minimum atomic E-state index is -0.436. The summed E-state index contributed by atoms with van der Waals surface area (Å²) in [7, 11) is 3.33. The number of nitrogens with zero attached hydrogens (tertiary/aromatic N) is 2. The van der Waals surface area contributed by atoms with Crippen LogP contribution in [0.25, 0.3) is 22.1 Å². The van der Waals surface area contributed by atoms with E-state index >= 15 is 0 Å². The second kappa shape index (κ2) is 7.02. The van der Waals surface area contributed by atoms with Crippen molar-refractivity contribution < 1.29 is 23.8 Å². The van der Waals surface area contributed by atoms with E-state index in [1.54, 1.807) is 55.4 Å². The predicted octanol–water partition coefficient (Wildman–Crippen LogP) is 3.35. The van der Waals surface area contributed by atoms with Crippen molar-refractivity contribution in [1.29, 1.82) is 0 Å². The summed E-state index contributed by atoms with van der Waals surface area (Å²) in [6.07, 6.45) is 3.06. The van der Waals surface area contributed by atoms with Crippen LogP contribution in [0.1, 0.15) is 23.6 Å². The molecular weight excluding hydrogens is 400 g/mol. The van der Waals surface area contributed by atoms with Gasteiger partial charge in [-0.15, -0.1) is 0 Å². The standard InChI is InChI=1S/C23H18N2O6/c1-25-16(7-8-24-25)14-9-19(27)31-18-10-17(26)21-22(28)15(11-30-23(21)20(14)18)12-3-5-13(29-2)6-4-12/h3-8,10-11,14,26H,9H2,1-2H3. The zero-order chi connectivity index (χ0) is 21.7. The Bertz CT molecular complexity index is 1380. The molecule has 8 nitrogen and oxygen atoms in total. The molecule has 4 aromatic rings. The highest BCUT2D eigenvalue weighted by atomic mass is 16.5. The lowest BCUT2D eigenvalue weighted by Crippen LogP contribution is -2.23. The molecule has 0 fully saturated rings. The number of carbonyl (C=O) groups excluding carboxylic acids is 1. The van der Waals surface area contributed by atoms with Gasteiger partial charge in [0.15, 0.2) is 0 Å². The molecule has 2 aromatic carbocycles. The van der Waals surface area contributed by atoms with Crippen molar-refractivity contribution in [3.05, 3.63) is 70.3 Å². The molecule has 5 rings (SSSR count). The molecule has 31 heavy (non-hydrogen) atoms. The lowest BCUT2D eigenvalue weighted by molar-refractivity contribution is -0.135. The largest absolute Gasteiger partial charge is 0.507 e. The third-order valence-electron chi connectivity index (χ3n) is 5.59. The van der Waals surface area contributed by atoms with Gasteiger partial charge in [0.25, 0.3) is 0 Å². The van der Waals surface area contributed by atoms with Crippen LogP contribution in [0, 0.1) is 0 Å². The number of hydrogen-bond acceptors (Lipinski definition) is 7. The second-order valence-electron chi connectivity index (χ2n) is 7.33. The van der Waals surface area contributed by atoms with E-state index in [-0.39, 0.29) is 34.3 Å². The number of benzene rings is 2. The van der Waals surface area contributed by atoms with E-state index in [0.29, 0.717) is 22.4 Å². The fraction of sp³-hybridized carbons (Fsp3) is 0.174. The van der Waals surface area contributed by atoms with E-state index in [4.69, 9.17) is 13.9 Å². The smallest absolute Gasteiger partial charge is 0.312 e. The van der Waals surface area contributed by atoms with Gasteiger partial charge in [0.2, 0.25) is 5.43 Å². The molecule has 1 aliphatic rings. The number of hydrogen-bond donors (Lipinski definition) is 1. The van der Waals surface area contributed by atoms with Crippen molar-refractivity contribution in [2.75, 3.05) is 7.11 Å². The number of methoxy groups -OCH3 is 1. The normalized spacial score (nSPS) is 15.5. The highest BCUT2D eigenvalue weighted by Crippen LogP contribution is 2.45. The number of ether oxygens (including phenoxy) is 2. The Morgan fingerprint density at radius 2 is 1.97 bits per heavy atom. The SMILES string of the molecule is COc1ccc(-c2coc3c4c(cc(O)c3c2=O)OC(=O)CC4c2ccnn2C)cc1. The predicted molar refractivity (Wildman–Crippen MR) is 111 cm³/mol. The molecule has 1 atom stereocenters. The van der Waals surface area contributed by atoms with Gasteiger partial charge in [-0.05, 0) is 23.8 Å². The molecule has 1 aliphatic heterocycles. The number of phenolic OH excluding ortho intramolecular Hbond substituents is 1. The van der Waals surface area contributed by atoms with Crippen LogP contribution in [0.5, 0.6) is 17.2 Å². The molecule has 0 spiro atoms. The van der Waals surface area contributed by atoms with Crippen LogP contribution in [-0.4, -0.2) is 28.0 Å². The van der Waals surface area contributed by atoms with Gasteiger partial charge >= 0.3 is 5.97 Å². The van der Waals surface area contributed by atoms with Crippen LogP contribution < -0.4 is 14.9 Å². The summed E-state index contributed by atoms with van der Waals surface area (Å²) in [5.74, 6) is -0.340. The van der Waals surface area contributed by atoms with Crippen molar-refractivity contribution in [2.45, 2.75) is 12.3 Å². The van der Waals surface area contributed by atoms with Crippen LogP contribution in [0.3, 0.4) is 0 Å². The zero-order valence-corrected chi connectivity index (χ0v) is 16.8. The quantitative estimate of drug-likeness (QED) is 0.402. The summed E-state index contributed by atoms with van der Waals surface area (Å²) in [5.41, 5.74) is 2.04. The molecule has 0 saturated carbocycles. The molecular formula is C23H18N2O6. The van der Waals surface area contributed by atoms with Gasteiger partial charge in [0.1, 0.15) is 34.5 Å². The Balaban J connectivity index is 1.76. The molecule has 3 heterocycles. The highest BCUT2D eigenvalue weighted by Gasteiger charge is 2.35. The summed E-state index contributed by atoms with van der Waals surface area (Å²) in [4.78, 5) is 25.6. The second-order valence-corrected chi connectivity index (χ2v) is 7.33. The van der Waals surface area contributed by atoms with Crippen molar-refractivity contribution in [3.8, 4) is 28.4 Å². The highest BCUT2D eigenvalue weighted by molar-refractivity contribution is 5.94. The number of aromatic nitrogens is 2. The Kier molecular flexibility index (Phi) is 4.28. The van der Waals surface area contributed by atoms with Gasteiger partial charge in [0.05, 0.1) is 19.1 Å². The maximum atomic E-state index is 13.3. The maximum absolute atomic E-state index is 13.3. The van der Waals surface area contributed by atoms with Gasteiger partial charge in [-0.2, -0.15) is 5.10 Å². The average Bonchev–Trinajstić information content (AvgIpc) is 3.19. The van der Waals surface area contributed by atoms with Crippen molar-refractivity contribution in [2.24, 2.45) is 7.05 Å². The maximum Gasteiger partial charge on any atom is 0.312 e. The number of fused-ring (bicyclic) bond motifs is 3. The summed E-state index contributed by atoms with van der Waals surface area (Å²) in [5, 5.41) is 14.9. The molecule has 2 aromatic heterocycles. The molecule has 0 radical (unpaired) electrons. The van der Waals surface area contributed by atoms with E-state index in [1.807, 2.05) is 0 Å². The Morgan fingerprint density at radius 3 is 2.65 bits per heavy atom. The monoisotopic (exact) mass is 418 g/mol. The van der Waals surface area contributed by atoms with Gasteiger partial charge in [-0.1, -0.05) is 12.1 Å². The molecule has 1 N–H and O–H groups in total. The number of carbonyl (C=O) groups is 1. The summed E-state index contributed by atoms with van der Waals surface area (Å²) >= 11 is 0. The molecule has 8 heteroatoms. The van der Waals surface area contributed by atoms with Crippen LogP contribution in [0.4, 0.5) is 0 Å². The van der Waals surface area contributed by atoms with Crippen LogP contribution in [0.15, 0.2) is 58.1 Å². The number of aromatic hydroxyl groups is 1. The topological polar surface area (TPSA) is 104 Å². The first-order valence-electron chi connectivity index (χ1n) is 9.62. The lowest BCUT2D eigenvalue weighted by Gasteiger charge is -2.25. The van der Waals surface area contributed by atoms with Gasteiger partial charge < -0.3 is 19.0 Å². The number of phenols is 1. The Hall–Kier alpha value is -4.07. The Labute approximate surface area is 176 Å². The molecule has 156 valence electrons. The third kappa shape index (κ3) is 2.95. The van der Waals surface area contributed by atoms with E-state index < -0.39 is 11.9 Å². The number of aryl methyl sites for hydroxylation is 1. The van der Waals surface area contributed by atoms with E-state index in [0.717, 1.165) is 5.69 Å². The van der Waals surface area contributed by atoms with Gasteiger partial charge in [-0.3, -0.25) is 14.3 Å². The minimum Gasteiger partial charge on any atom is -0.507 e. The van der Waals surface area contributed by atoms with E-state index in [9.17, 15) is 14.7 Å². The lowest BCUT2D eigenvalue weighted by atomic mass is 9.87. The van der Waals surface area contributed by atoms with E-state index in [2.05, 4.69) is 5.10 Å². The molecule has 0 aliphatic carbocycles. The van der Waals surface area contributed by atoms with Gasteiger partial charge in [-0.25, -0.2) is 0 Å². The minimum absolute atomic E-state index is 0.0391. The van der Waals surface area contributed by atoms with Gasteiger partial charge in [0, 0.05) is 36.5 Å².